The van der Waals surface area contributed by atoms with Crippen LogP contribution in [-0.4, -0.2) is 47.7 Å². The van der Waals surface area contributed by atoms with Gasteiger partial charge in [-0.1, -0.05) is 30.3 Å². The monoisotopic (exact) mass is 492 g/mol. The van der Waals surface area contributed by atoms with Crippen LogP contribution in [0.15, 0.2) is 60.8 Å². The third kappa shape index (κ3) is 7.03. The van der Waals surface area contributed by atoms with Crippen molar-refractivity contribution in [2.24, 2.45) is 11.8 Å². The van der Waals surface area contributed by atoms with Crippen molar-refractivity contribution in [1.82, 2.24) is 9.88 Å². The number of likely N-dealkylation sites (tertiary alicyclic amines) is 1. The number of nitrogens with zero attached hydrogens (tertiary/aromatic N) is 2. The van der Waals surface area contributed by atoms with Gasteiger partial charge in [0.05, 0.1) is 12.6 Å². The van der Waals surface area contributed by atoms with E-state index in [9.17, 15) is 9.90 Å². The van der Waals surface area contributed by atoms with Crippen molar-refractivity contribution in [3.63, 3.8) is 0 Å². The number of alkyl halides is 1. The largest absolute Gasteiger partial charge is 0.497 e. The molecule has 0 spiro atoms. The van der Waals surface area contributed by atoms with Crippen LogP contribution < -0.4 is 4.74 Å². The minimum absolute atomic E-state index is 0.0619. The van der Waals surface area contributed by atoms with Gasteiger partial charge in [0.2, 0.25) is 0 Å². The number of halogens is 1. The number of benzene rings is 2. The zero-order valence-electron chi connectivity index (χ0n) is 21.1. The van der Waals surface area contributed by atoms with E-state index < -0.39 is 12.1 Å². The summed E-state index contributed by atoms with van der Waals surface area (Å²) >= 11 is 0. The molecule has 1 saturated heterocycles. The van der Waals surface area contributed by atoms with Crippen molar-refractivity contribution >= 4 is 16.9 Å². The number of unbranched alkanes of at least 4 members (excludes halogenated alkanes) is 1. The molecule has 36 heavy (non-hydrogen) atoms. The van der Waals surface area contributed by atoms with E-state index in [0.717, 1.165) is 56.2 Å². The van der Waals surface area contributed by atoms with Crippen LogP contribution in [0.5, 0.6) is 5.75 Å². The third-order valence-corrected chi connectivity index (χ3v) is 7.56. The van der Waals surface area contributed by atoms with E-state index in [2.05, 4.69) is 34.1 Å². The standard InChI is InChI=1S/C30H37FN2O3/c1-36-25-11-13-29-27(20-25)26(14-16-32-29)28(31)12-10-23-15-18-33(21-24(23)19-30(34)35)17-6-5-9-22-7-3-2-4-8-22/h2-4,7-8,11,13-14,16,20,23-24,28H,5-6,9-10,12,15,17-19,21H2,1H3,(H,34,35)/t23-,24+,28-/m1/s1. The van der Waals surface area contributed by atoms with Gasteiger partial charge >= 0.3 is 5.97 Å². The van der Waals surface area contributed by atoms with Crippen molar-refractivity contribution in [2.45, 2.75) is 51.1 Å². The van der Waals surface area contributed by atoms with Crippen LogP contribution in [0.1, 0.15) is 55.8 Å². The minimum atomic E-state index is -1.12. The van der Waals surface area contributed by atoms with Gasteiger partial charge in [-0.15, -0.1) is 0 Å². The predicted molar refractivity (Wildman–Crippen MR) is 141 cm³/mol. The SMILES string of the molecule is COc1ccc2nccc([C@H](F)CC[C@@H]3CCN(CCCCc4ccccc4)C[C@@H]3CC(=O)O)c2c1. The van der Waals surface area contributed by atoms with Crippen molar-refractivity contribution in [3.05, 3.63) is 71.9 Å². The van der Waals surface area contributed by atoms with Crippen LogP contribution in [0, 0.1) is 11.8 Å². The Bertz CT molecular complexity index is 1120. The number of carboxylic acids is 1. The summed E-state index contributed by atoms with van der Waals surface area (Å²) in [5.41, 5.74) is 2.74. The maximum absolute atomic E-state index is 15.5. The molecule has 192 valence electrons. The second-order valence-electron chi connectivity index (χ2n) is 9.98. The molecule has 0 saturated carbocycles. The second kappa shape index (κ2) is 12.8. The molecule has 2 aromatic carbocycles. The molecule has 0 radical (unpaired) electrons. The lowest BCUT2D eigenvalue weighted by Crippen LogP contribution is -2.41. The predicted octanol–water partition coefficient (Wildman–Crippen LogP) is 6.47. The summed E-state index contributed by atoms with van der Waals surface area (Å²) in [6, 6.07) is 17.8. The molecule has 0 amide bonds. The smallest absolute Gasteiger partial charge is 0.303 e. The molecule has 0 unspecified atom stereocenters. The van der Waals surface area contributed by atoms with E-state index in [4.69, 9.17) is 4.74 Å². The number of aromatic nitrogens is 1. The van der Waals surface area contributed by atoms with Gasteiger partial charge in [0, 0.05) is 24.5 Å². The van der Waals surface area contributed by atoms with Gasteiger partial charge in [-0.3, -0.25) is 9.78 Å². The highest BCUT2D eigenvalue weighted by Gasteiger charge is 2.31. The lowest BCUT2D eigenvalue weighted by Gasteiger charge is -2.38. The maximum atomic E-state index is 15.5. The number of rotatable bonds is 12. The molecule has 1 aromatic heterocycles. The molecule has 0 aliphatic carbocycles. The Labute approximate surface area is 213 Å². The first kappa shape index (κ1) is 26.1. The Morgan fingerprint density at radius 3 is 2.78 bits per heavy atom. The molecule has 5 nitrogen and oxygen atoms in total. The third-order valence-electron chi connectivity index (χ3n) is 7.56. The summed E-state index contributed by atoms with van der Waals surface area (Å²) in [7, 11) is 1.60. The molecular formula is C30H37FN2O3. The van der Waals surface area contributed by atoms with E-state index in [1.54, 1.807) is 19.4 Å². The van der Waals surface area contributed by atoms with Crippen molar-refractivity contribution < 1.29 is 19.0 Å². The van der Waals surface area contributed by atoms with Gasteiger partial charge in [0.25, 0.3) is 0 Å². The van der Waals surface area contributed by atoms with Crippen molar-refractivity contribution in [2.75, 3.05) is 26.7 Å². The van der Waals surface area contributed by atoms with Crippen LogP contribution in [0.2, 0.25) is 0 Å². The fraction of sp³-hybridized carbons (Fsp3) is 0.467. The molecule has 2 heterocycles. The number of ether oxygens (including phenoxy) is 1. The summed E-state index contributed by atoms with van der Waals surface area (Å²) in [6.45, 7) is 2.74. The van der Waals surface area contributed by atoms with E-state index in [0.29, 0.717) is 24.2 Å². The molecule has 3 aromatic rings. The van der Waals surface area contributed by atoms with Gasteiger partial charge in [0.1, 0.15) is 11.9 Å². The van der Waals surface area contributed by atoms with Crippen LogP contribution in [-0.2, 0) is 11.2 Å². The lowest BCUT2D eigenvalue weighted by atomic mass is 9.79. The van der Waals surface area contributed by atoms with E-state index in [1.165, 1.54) is 5.56 Å². The van der Waals surface area contributed by atoms with E-state index >= 15 is 4.39 Å². The molecule has 4 rings (SSSR count). The first-order valence-corrected chi connectivity index (χ1v) is 13.1. The van der Waals surface area contributed by atoms with Crippen LogP contribution in [0.3, 0.4) is 0 Å². The summed E-state index contributed by atoms with van der Waals surface area (Å²) in [4.78, 5) is 18.4. The topological polar surface area (TPSA) is 62.7 Å². The zero-order chi connectivity index (χ0) is 25.3. The molecule has 1 aliphatic heterocycles. The van der Waals surface area contributed by atoms with E-state index in [-0.39, 0.29) is 18.3 Å². The Hall–Kier alpha value is -2.99. The number of carbonyl (C=O) groups is 1. The van der Waals surface area contributed by atoms with Gasteiger partial charge < -0.3 is 14.7 Å². The normalized spacial score (nSPS) is 19.3. The minimum Gasteiger partial charge on any atom is -0.497 e. The van der Waals surface area contributed by atoms with Crippen molar-refractivity contribution in [3.8, 4) is 5.75 Å². The first-order valence-electron chi connectivity index (χ1n) is 13.1. The number of methoxy groups -OCH3 is 1. The van der Waals surface area contributed by atoms with Crippen molar-refractivity contribution in [1.29, 1.82) is 0 Å². The molecule has 6 heteroatoms. The van der Waals surface area contributed by atoms with Crippen LogP contribution in [0.25, 0.3) is 10.9 Å². The van der Waals surface area contributed by atoms with Gasteiger partial charge in [-0.2, -0.15) is 0 Å². The van der Waals surface area contributed by atoms with Crippen LogP contribution in [0.4, 0.5) is 4.39 Å². The Balaban J connectivity index is 1.31. The van der Waals surface area contributed by atoms with Gasteiger partial charge in [0.15, 0.2) is 0 Å². The highest BCUT2D eigenvalue weighted by Crippen LogP contribution is 2.36. The average Bonchev–Trinajstić information content (AvgIpc) is 2.90. The number of aliphatic carboxylic acids is 1. The summed E-state index contributed by atoms with van der Waals surface area (Å²) < 4.78 is 20.8. The fourth-order valence-corrected chi connectivity index (χ4v) is 5.57. The molecule has 1 aliphatic rings. The molecular weight excluding hydrogens is 455 g/mol. The first-order chi connectivity index (χ1) is 17.5. The number of pyridine rings is 1. The summed E-state index contributed by atoms with van der Waals surface area (Å²) in [5.74, 6) is 0.205. The lowest BCUT2D eigenvalue weighted by molar-refractivity contribution is -0.139. The van der Waals surface area contributed by atoms with Gasteiger partial charge in [-0.25, -0.2) is 4.39 Å². The number of hydrogen-bond acceptors (Lipinski definition) is 4. The fourth-order valence-electron chi connectivity index (χ4n) is 5.57. The molecule has 1 N–H and O–H groups in total. The molecule has 3 atom stereocenters. The Morgan fingerprint density at radius 1 is 1.17 bits per heavy atom. The number of fused-ring (bicyclic) bond motifs is 1. The highest BCUT2D eigenvalue weighted by atomic mass is 19.1. The van der Waals surface area contributed by atoms with E-state index in [1.807, 2.05) is 24.3 Å². The highest BCUT2D eigenvalue weighted by molar-refractivity contribution is 5.83. The number of hydrogen-bond donors (Lipinski definition) is 1. The summed E-state index contributed by atoms with van der Waals surface area (Å²) in [6.07, 6.45) is 5.98. The second-order valence-corrected chi connectivity index (χ2v) is 9.98. The number of carboxylic acid groups (broad SMARTS) is 1. The number of piperidine rings is 1. The Morgan fingerprint density at radius 2 is 2.00 bits per heavy atom. The quantitative estimate of drug-likeness (QED) is 0.294. The van der Waals surface area contributed by atoms with Crippen LogP contribution >= 0.6 is 0 Å². The molecule has 1 fully saturated rings. The number of aryl methyl sites for hydroxylation is 1. The zero-order valence-corrected chi connectivity index (χ0v) is 21.1. The average molecular weight is 493 g/mol. The maximum Gasteiger partial charge on any atom is 0.303 e. The Kier molecular flexibility index (Phi) is 9.29. The van der Waals surface area contributed by atoms with Gasteiger partial charge in [-0.05, 0) is 98.8 Å². The molecule has 0 bridgehead atoms. The summed E-state index contributed by atoms with van der Waals surface area (Å²) in [5, 5.41) is 10.3.